The minimum Gasteiger partial charge on any atom is -0.0683 e. The molecule has 0 heterocycles. The van der Waals surface area contributed by atoms with Gasteiger partial charge in [-0.25, -0.2) is 0 Å². The number of benzene rings is 5. The van der Waals surface area contributed by atoms with E-state index in [2.05, 4.69) is 118 Å². The van der Waals surface area contributed by atoms with Crippen LogP contribution in [0.5, 0.6) is 0 Å². The lowest BCUT2D eigenvalue weighted by Gasteiger charge is -1.96. The molecule has 0 saturated heterocycles. The highest BCUT2D eigenvalue weighted by Crippen LogP contribution is 2.15. The lowest BCUT2D eigenvalue weighted by Crippen LogP contribution is -1.73. The normalized spacial score (nSPS) is 9.06. The van der Waals surface area contributed by atoms with Crippen LogP contribution in [0.4, 0.5) is 0 Å². The van der Waals surface area contributed by atoms with Crippen molar-refractivity contribution in [1.82, 2.24) is 0 Å². The fourth-order valence-electron chi connectivity index (χ4n) is 3.15. The molecule has 0 N–H and O–H groups in total. The summed E-state index contributed by atoms with van der Waals surface area (Å²) in [4.78, 5) is 0. The molecular formula is C33H40. The second-order valence-electron chi connectivity index (χ2n) is 7.36. The van der Waals surface area contributed by atoms with Gasteiger partial charge in [-0.1, -0.05) is 160 Å². The molecule has 0 aromatic heterocycles. The molecule has 0 atom stereocenters. The second kappa shape index (κ2) is 16.3. The Hall–Kier alpha value is -3.38. The van der Waals surface area contributed by atoms with Crippen molar-refractivity contribution in [3.8, 4) is 0 Å². The highest BCUT2D eigenvalue weighted by molar-refractivity contribution is 5.83. The van der Waals surface area contributed by atoms with Crippen LogP contribution in [0.1, 0.15) is 44.4 Å². The van der Waals surface area contributed by atoms with E-state index in [4.69, 9.17) is 0 Å². The summed E-state index contributed by atoms with van der Waals surface area (Å²) in [5.41, 5.74) is 3.97. The van der Waals surface area contributed by atoms with Crippen LogP contribution in [-0.4, -0.2) is 0 Å². The van der Waals surface area contributed by atoms with Gasteiger partial charge >= 0.3 is 0 Å². The predicted octanol–water partition coefficient (Wildman–Crippen LogP) is 10.3. The Labute approximate surface area is 201 Å². The van der Waals surface area contributed by atoms with E-state index in [1.807, 2.05) is 45.9 Å². The van der Waals surface area contributed by atoms with Crippen molar-refractivity contribution in [2.75, 3.05) is 0 Å². The third-order valence-electron chi connectivity index (χ3n) is 4.75. The Bertz CT molecular complexity index is 1090. The van der Waals surface area contributed by atoms with E-state index in [1.165, 1.54) is 38.2 Å². The maximum atomic E-state index is 2.20. The van der Waals surface area contributed by atoms with E-state index in [1.54, 1.807) is 0 Å². The van der Waals surface area contributed by atoms with Crippen LogP contribution in [0.25, 0.3) is 21.5 Å². The Morgan fingerprint density at radius 1 is 0.303 bits per heavy atom. The van der Waals surface area contributed by atoms with E-state index >= 15 is 0 Å². The van der Waals surface area contributed by atoms with Gasteiger partial charge in [0.25, 0.3) is 0 Å². The smallest absolute Gasteiger partial charge is 0.0181 e. The number of aryl methyl sites for hydroxylation is 3. The molecule has 33 heavy (non-hydrogen) atoms. The molecule has 0 unspecified atom stereocenters. The summed E-state index contributed by atoms with van der Waals surface area (Å²) in [6, 6.07) is 40.1. The van der Waals surface area contributed by atoms with Crippen molar-refractivity contribution in [3.05, 3.63) is 132 Å². The topological polar surface area (TPSA) is 0 Å². The van der Waals surface area contributed by atoms with Gasteiger partial charge < -0.3 is 0 Å². The third-order valence-corrected chi connectivity index (χ3v) is 4.75. The first-order chi connectivity index (χ1) is 16.1. The van der Waals surface area contributed by atoms with E-state index in [9.17, 15) is 0 Å². The molecule has 0 amide bonds. The van der Waals surface area contributed by atoms with Gasteiger partial charge in [0, 0.05) is 0 Å². The molecular weight excluding hydrogens is 396 g/mol. The van der Waals surface area contributed by atoms with Gasteiger partial charge in [-0.15, -0.1) is 0 Å². The Kier molecular flexibility index (Phi) is 13.6. The molecule has 0 aliphatic heterocycles. The molecule has 0 radical (unpaired) electrons. The number of fused-ring (bicyclic) bond motifs is 2. The van der Waals surface area contributed by atoms with E-state index < -0.39 is 0 Å². The largest absolute Gasteiger partial charge is 0.0683 e. The zero-order valence-corrected chi connectivity index (χ0v) is 21.5. The molecule has 0 aliphatic carbocycles. The first kappa shape index (κ1) is 27.7. The predicted molar refractivity (Wildman–Crippen MR) is 151 cm³/mol. The van der Waals surface area contributed by atoms with Gasteiger partial charge in [-0.2, -0.15) is 0 Å². The molecule has 0 fully saturated rings. The third kappa shape index (κ3) is 10.2. The number of rotatable bonds is 0. The van der Waals surface area contributed by atoms with Gasteiger partial charge in [0.2, 0.25) is 0 Å². The molecule has 0 saturated carbocycles. The van der Waals surface area contributed by atoms with Gasteiger partial charge in [0.15, 0.2) is 0 Å². The first-order valence-corrected chi connectivity index (χ1v) is 12.0. The summed E-state index contributed by atoms with van der Waals surface area (Å²) >= 11 is 0. The fraction of sp³-hybridized carbons (Fsp3) is 0.212. The van der Waals surface area contributed by atoms with Crippen LogP contribution in [0.3, 0.4) is 0 Å². The van der Waals surface area contributed by atoms with Crippen molar-refractivity contribution in [1.29, 1.82) is 0 Å². The van der Waals surface area contributed by atoms with Crippen molar-refractivity contribution in [3.63, 3.8) is 0 Å². The average molecular weight is 437 g/mol. The molecule has 0 nitrogen and oxygen atoms in total. The average Bonchev–Trinajstić information content (AvgIpc) is 2.87. The Balaban J connectivity index is 0.000000235. The van der Waals surface area contributed by atoms with Gasteiger partial charge in [0.1, 0.15) is 0 Å². The van der Waals surface area contributed by atoms with Gasteiger partial charge in [0.05, 0.1) is 0 Å². The standard InChI is InChI=1S/2C11H10.C7H8.2C2H6/c2*1-9-6-7-10-4-2-3-5-11(10)8-9;1-7-5-3-2-4-6-7;2*1-2/h2*2-8H,1H3;2-6H,1H3;2*1-2H3. The maximum absolute atomic E-state index is 2.20. The summed E-state index contributed by atoms with van der Waals surface area (Å²) in [6.07, 6.45) is 0. The zero-order valence-electron chi connectivity index (χ0n) is 21.5. The van der Waals surface area contributed by atoms with Crippen LogP contribution in [0, 0.1) is 20.8 Å². The quantitative estimate of drug-likeness (QED) is 0.226. The molecule has 0 spiro atoms. The molecule has 5 rings (SSSR count). The molecule has 0 heteroatoms. The monoisotopic (exact) mass is 436 g/mol. The molecule has 172 valence electrons. The lowest BCUT2D eigenvalue weighted by molar-refractivity contribution is 1.48. The van der Waals surface area contributed by atoms with E-state index in [-0.39, 0.29) is 0 Å². The minimum absolute atomic E-state index is 1.32. The minimum atomic E-state index is 1.32. The van der Waals surface area contributed by atoms with Crippen LogP contribution in [0.15, 0.2) is 115 Å². The summed E-state index contributed by atoms with van der Waals surface area (Å²) in [5, 5.41) is 5.29. The first-order valence-electron chi connectivity index (χ1n) is 12.0. The van der Waals surface area contributed by atoms with Crippen LogP contribution < -0.4 is 0 Å². The van der Waals surface area contributed by atoms with Crippen molar-refractivity contribution in [2.45, 2.75) is 48.5 Å². The fourth-order valence-corrected chi connectivity index (χ4v) is 3.15. The summed E-state index contributed by atoms with van der Waals surface area (Å²) in [5.74, 6) is 0. The van der Waals surface area contributed by atoms with Gasteiger partial charge in [-0.3, -0.25) is 0 Å². The lowest BCUT2D eigenvalue weighted by atomic mass is 10.1. The molecule has 0 aliphatic rings. The number of hydrogen-bond donors (Lipinski definition) is 0. The highest BCUT2D eigenvalue weighted by atomic mass is 14.0. The summed E-state index contributed by atoms with van der Waals surface area (Å²) in [6.45, 7) is 14.3. The van der Waals surface area contributed by atoms with Crippen molar-refractivity contribution in [2.24, 2.45) is 0 Å². The van der Waals surface area contributed by atoms with Crippen molar-refractivity contribution >= 4 is 21.5 Å². The second-order valence-corrected chi connectivity index (χ2v) is 7.36. The van der Waals surface area contributed by atoms with Gasteiger partial charge in [-0.05, 0) is 42.3 Å². The zero-order chi connectivity index (χ0) is 24.5. The van der Waals surface area contributed by atoms with E-state index in [0.717, 1.165) is 0 Å². The highest BCUT2D eigenvalue weighted by Gasteiger charge is 1.90. The Morgan fingerprint density at radius 3 is 0.970 bits per heavy atom. The van der Waals surface area contributed by atoms with Crippen LogP contribution in [-0.2, 0) is 0 Å². The Morgan fingerprint density at radius 2 is 0.636 bits per heavy atom. The van der Waals surface area contributed by atoms with Crippen molar-refractivity contribution < 1.29 is 0 Å². The maximum Gasteiger partial charge on any atom is -0.0181 e. The van der Waals surface area contributed by atoms with Crippen LogP contribution in [0.2, 0.25) is 0 Å². The van der Waals surface area contributed by atoms with E-state index in [0.29, 0.717) is 0 Å². The van der Waals surface area contributed by atoms with Crippen LogP contribution >= 0.6 is 0 Å². The summed E-state index contributed by atoms with van der Waals surface area (Å²) < 4.78 is 0. The molecule has 0 bridgehead atoms. The molecule has 5 aromatic rings. The summed E-state index contributed by atoms with van der Waals surface area (Å²) in [7, 11) is 0. The SMILES string of the molecule is CC.CC.Cc1ccc2ccccc2c1.Cc1ccc2ccccc2c1.Cc1ccccc1. The number of hydrogen-bond acceptors (Lipinski definition) is 0. The molecule has 5 aromatic carbocycles.